The van der Waals surface area contributed by atoms with Gasteiger partial charge in [-0.2, -0.15) is 0 Å². The van der Waals surface area contributed by atoms with Crippen LogP contribution in [0, 0.1) is 17.0 Å². The maximum atomic E-state index is 12.1. The van der Waals surface area contributed by atoms with Crippen molar-refractivity contribution in [1.29, 1.82) is 0 Å². The molecule has 0 aromatic heterocycles. The summed E-state index contributed by atoms with van der Waals surface area (Å²) >= 11 is 0. The molecule has 0 saturated heterocycles. The summed E-state index contributed by atoms with van der Waals surface area (Å²) in [5.74, 6) is 0. The summed E-state index contributed by atoms with van der Waals surface area (Å²) in [5, 5.41) is 13.7. The smallest absolute Gasteiger partial charge is 0.269 e. The van der Waals surface area contributed by atoms with Crippen molar-refractivity contribution in [2.45, 2.75) is 18.4 Å². The number of nitrogens with zero attached hydrogens (tertiary/aromatic N) is 1. The van der Waals surface area contributed by atoms with Crippen LogP contribution < -0.4 is 10.0 Å². The zero-order valence-corrected chi connectivity index (χ0v) is 14.0. The van der Waals surface area contributed by atoms with Gasteiger partial charge >= 0.3 is 0 Å². The van der Waals surface area contributed by atoms with Gasteiger partial charge in [0.25, 0.3) is 5.69 Å². The fourth-order valence-electron chi connectivity index (χ4n) is 2.04. The first-order chi connectivity index (χ1) is 11.4. The van der Waals surface area contributed by atoms with Crippen LogP contribution in [0.4, 0.5) is 5.69 Å². The third kappa shape index (κ3) is 5.12. The standard InChI is InChI=1S/C16H19N3O4S/c1-13-2-8-16(9-3-13)24(22,23)18-11-10-17-12-14-4-6-15(7-5-14)19(20)21/h2-9,17-18H,10-12H2,1H3. The Labute approximate surface area is 140 Å². The molecule has 2 N–H and O–H groups in total. The van der Waals surface area contributed by atoms with E-state index in [0.717, 1.165) is 11.1 Å². The van der Waals surface area contributed by atoms with Gasteiger partial charge in [0.05, 0.1) is 9.82 Å². The van der Waals surface area contributed by atoms with Crippen LogP contribution in [0.2, 0.25) is 0 Å². The first-order valence-corrected chi connectivity index (χ1v) is 8.87. The SMILES string of the molecule is Cc1ccc(S(=O)(=O)NCCNCc2ccc([N+](=O)[O-])cc2)cc1. The van der Waals surface area contributed by atoms with Crippen LogP contribution in [0.3, 0.4) is 0 Å². The fraction of sp³-hybridized carbons (Fsp3) is 0.250. The Morgan fingerprint density at radius 3 is 2.21 bits per heavy atom. The van der Waals surface area contributed by atoms with Crippen LogP contribution >= 0.6 is 0 Å². The van der Waals surface area contributed by atoms with Gasteiger partial charge in [0.1, 0.15) is 0 Å². The van der Waals surface area contributed by atoms with Crippen LogP contribution in [0.15, 0.2) is 53.4 Å². The Bertz CT molecular complexity index is 787. The molecule has 0 spiro atoms. The second-order valence-electron chi connectivity index (χ2n) is 5.31. The molecule has 24 heavy (non-hydrogen) atoms. The zero-order chi connectivity index (χ0) is 17.6. The molecule has 0 amide bonds. The number of benzene rings is 2. The van der Waals surface area contributed by atoms with Crippen LogP contribution in [-0.4, -0.2) is 26.4 Å². The van der Waals surface area contributed by atoms with Gasteiger partial charge in [0.15, 0.2) is 0 Å². The van der Waals surface area contributed by atoms with Crippen LogP contribution in [0.5, 0.6) is 0 Å². The molecule has 2 rings (SSSR count). The number of hydrogen-bond donors (Lipinski definition) is 2. The first-order valence-electron chi connectivity index (χ1n) is 7.39. The zero-order valence-electron chi connectivity index (χ0n) is 13.2. The second kappa shape index (κ2) is 8.00. The molecule has 128 valence electrons. The van der Waals surface area contributed by atoms with E-state index in [4.69, 9.17) is 0 Å². The average Bonchev–Trinajstić information content (AvgIpc) is 2.55. The normalized spacial score (nSPS) is 11.4. The van der Waals surface area contributed by atoms with Crippen molar-refractivity contribution in [2.24, 2.45) is 0 Å². The number of rotatable bonds is 8. The van der Waals surface area contributed by atoms with E-state index < -0.39 is 14.9 Å². The van der Waals surface area contributed by atoms with E-state index in [9.17, 15) is 18.5 Å². The van der Waals surface area contributed by atoms with Crippen molar-refractivity contribution >= 4 is 15.7 Å². The summed E-state index contributed by atoms with van der Waals surface area (Å²) in [6, 6.07) is 12.9. The van der Waals surface area contributed by atoms with Crippen molar-refractivity contribution in [1.82, 2.24) is 10.0 Å². The third-order valence-corrected chi connectivity index (χ3v) is 4.88. The Morgan fingerprint density at radius 1 is 1.00 bits per heavy atom. The average molecular weight is 349 g/mol. The van der Waals surface area contributed by atoms with Gasteiger partial charge in [0.2, 0.25) is 10.0 Å². The van der Waals surface area contributed by atoms with Crippen LogP contribution in [0.25, 0.3) is 0 Å². The third-order valence-electron chi connectivity index (χ3n) is 3.40. The van der Waals surface area contributed by atoms with Crippen molar-refractivity contribution in [3.8, 4) is 0 Å². The minimum atomic E-state index is -3.50. The summed E-state index contributed by atoms with van der Waals surface area (Å²) in [6.45, 7) is 3.10. The van der Waals surface area contributed by atoms with E-state index in [-0.39, 0.29) is 17.1 Å². The maximum Gasteiger partial charge on any atom is 0.269 e. The highest BCUT2D eigenvalue weighted by molar-refractivity contribution is 7.89. The van der Waals surface area contributed by atoms with E-state index in [0.29, 0.717) is 13.1 Å². The van der Waals surface area contributed by atoms with E-state index >= 15 is 0 Å². The summed E-state index contributed by atoms with van der Waals surface area (Å²) in [5.41, 5.74) is 1.94. The van der Waals surface area contributed by atoms with Crippen molar-refractivity contribution in [3.05, 3.63) is 69.8 Å². The van der Waals surface area contributed by atoms with E-state index in [1.165, 1.54) is 12.1 Å². The number of nitro benzene ring substituents is 1. The Balaban J connectivity index is 1.76. The Kier molecular flexibility index (Phi) is 6.02. The largest absolute Gasteiger partial charge is 0.311 e. The number of sulfonamides is 1. The number of nitro groups is 1. The van der Waals surface area contributed by atoms with E-state index in [1.807, 2.05) is 6.92 Å². The lowest BCUT2D eigenvalue weighted by Crippen LogP contribution is -2.31. The molecule has 0 atom stereocenters. The lowest BCUT2D eigenvalue weighted by molar-refractivity contribution is -0.384. The molecular weight excluding hydrogens is 330 g/mol. The number of nitrogens with one attached hydrogen (secondary N) is 2. The molecule has 0 aliphatic heterocycles. The molecule has 0 radical (unpaired) electrons. The number of aryl methyl sites for hydroxylation is 1. The molecule has 2 aromatic rings. The molecule has 2 aromatic carbocycles. The predicted octanol–water partition coefficient (Wildman–Crippen LogP) is 1.97. The summed E-state index contributed by atoms with van der Waals surface area (Å²) in [7, 11) is -3.50. The molecule has 0 unspecified atom stereocenters. The minimum absolute atomic E-state index is 0.0459. The van der Waals surface area contributed by atoms with E-state index in [1.54, 1.807) is 36.4 Å². The summed E-state index contributed by atoms with van der Waals surface area (Å²) in [6.07, 6.45) is 0. The Hall–Kier alpha value is -2.29. The lowest BCUT2D eigenvalue weighted by atomic mass is 10.2. The fourth-order valence-corrected chi connectivity index (χ4v) is 3.07. The highest BCUT2D eigenvalue weighted by Gasteiger charge is 2.12. The van der Waals surface area contributed by atoms with Gasteiger partial charge in [-0.1, -0.05) is 29.8 Å². The van der Waals surface area contributed by atoms with Crippen molar-refractivity contribution in [3.63, 3.8) is 0 Å². The molecule has 7 nitrogen and oxygen atoms in total. The predicted molar refractivity (Wildman–Crippen MR) is 91.2 cm³/mol. The second-order valence-corrected chi connectivity index (χ2v) is 7.08. The van der Waals surface area contributed by atoms with Gasteiger partial charge in [-0.15, -0.1) is 0 Å². The minimum Gasteiger partial charge on any atom is -0.311 e. The van der Waals surface area contributed by atoms with Gasteiger partial charge in [-0.3, -0.25) is 10.1 Å². The molecule has 0 aliphatic rings. The summed E-state index contributed by atoms with van der Waals surface area (Å²) in [4.78, 5) is 10.4. The number of hydrogen-bond acceptors (Lipinski definition) is 5. The van der Waals surface area contributed by atoms with E-state index in [2.05, 4.69) is 10.0 Å². The Morgan fingerprint density at radius 2 is 1.62 bits per heavy atom. The maximum absolute atomic E-state index is 12.1. The monoisotopic (exact) mass is 349 g/mol. The molecule has 8 heteroatoms. The summed E-state index contributed by atoms with van der Waals surface area (Å²) < 4.78 is 26.7. The van der Waals surface area contributed by atoms with Crippen molar-refractivity contribution < 1.29 is 13.3 Å². The topological polar surface area (TPSA) is 101 Å². The molecule has 0 heterocycles. The van der Waals surface area contributed by atoms with Gasteiger partial charge in [-0.25, -0.2) is 13.1 Å². The highest BCUT2D eigenvalue weighted by Crippen LogP contribution is 2.11. The van der Waals surface area contributed by atoms with Gasteiger partial charge in [-0.05, 0) is 24.6 Å². The molecule has 0 saturated carbocycles. The van der Waals surface area contributed by atoms with Gasteiger partial charge in [0, 0.05) is 31.8 Å². The van der Waals surface area contributed by atoms with Crippen molar-refractivity contribution in [2.75, 3.05) is 13.1 Å². The number of non-ortho nitro benzene ring substituents is 1. The quantitative estimate of drug-likeness (QED) is 0.431. The highest BCUT2D eigenvalue weighted by atomic mass is 32.2. The van der Waals surface area contributed by atoms with Gasteiger partial charge < -0.3 is 5.32 Å². The molecule has 0 aliphatic carbocycles. The molecule has 0 bridgehead atoms. The lowest BCUT2D eigenvalue weighted by Gasteiger charge is -2.08. The van der Waals surface area contributed by atoms with Crippen LogP contribution in [0.1, 0.15) is 11.1 Å². The van der Waals surface area contributed by atoms with Crippen LogP contribution in [-0.2, 0) is 16.6 Å². The molecule has 0 fully saturated rings. The molecular formula is C16H19N3O4S. The first kappa shape index (κ1) is 18.1.